The van der Waals surface area contributed by atoms with Gasteiger partial charge in [0.25, 0.3) is 0 Å². The molecule has 1 aliphatic rings. The summed E-state index contributed by atoms with van der Waals surface area (Å²) in [6.07, 6.45) is 8.69. The third kappa shape index (κ3) is 5.49. The van der Waals surface area contributed by atoms with Crippen molar-refractivity contribution in [3.8, 4) is 11.1 Å². The van der Waals surface area contributed by atoms with Crippen LogP contribution in [-0.4, -0.2) is 29.0 Å². The number of nitrogens with one attached hydrogen (secondary N) is 1. The van der Waals surface area contributed by atoms with Gasteiger partial charge in [-0.05, 0) is 61.1 Å². The standard InChI is InChI=1S/C26H29FN4O/c1-2-3-5-19-7-13-24(14-8-19)30-25(32)21-6-4-15-31(18-21)26-28-16-22(17-29-26)20-9-11-23(27)12-10-20/h7-14,16-17,21H,2-6,15,18H2,1H3,(H,30,32)/t21-/m0/s1. The van der Waals surface area contributed by atoms with E-state index in [0.29, 0.717) is 12.5 Å². The molecule has 1 aromatic heterocycles. The molecule has 1 fully saturated rings. The zero-order valence-corrected chi connectivity index (χ0v) is 18.4. The molecule has 1 amide bonds. The first-order valence-electron chi connectivity index (χ1n) is 11.3. The van der Waals surface area contributed by atoms with Crippen LogP contribution in [0.2, 0.25) is 0 Å². The average Bonchev–Trinajstić information content (AvgIpc) is 2.84. The highest BCUT2D eigenvalue weighted by atomic mass is 19.1. The molecule has 0 spiro atoms. The van der Waals surface area contributed by atoms with Crippen molar-refractivity contribution < 1.29 is 9.18 Å². The van der Waals surface area contributed by atoms with Crippen molar-refractivity contribution in [2.45, 2.75) is 39.0 Å². The zero-order chi connectivity index (χ0) is 22.3. The predicted octanol–water partition coefficient (Wildman–Crippen LogP) is 5.48. The topological polar surface area (TPSA) is 58.1 Å². The van der Waals surface area contributed by atoms with Crippen LogP contribution in [0.15, 0.2) is 60.9 Å². The summed E-state index contributed by atoms with van der Waals surface area (Å²) in [7, 11) is 0. The molecular weight excluding hydrogens is 403 g/mol. The molecule has 166 valence electrons. The molecule has 1 atom stereocenters. The molecule has 0 unspecified atom stereocenters. The minimum atomic E-state index is -0.267. The van der Waals surface area contributed by atoms with Gasteiger partial charge in [-0.3, -0.25) is 4.79 Å². The molecule has 0 bridgehead atoms. The normalized spacial score (nSPS) is 16.1. The summed E-state index contributed by atoms with van der Waals surface area (Å²) < 4.78 is 13.1. The van der Waals surface area contributed by atoms with Crippen molar-refractivity contribution >= 4 is 17.5 Å². The van der Waals surface area contributed by atoms with Crippen molar-refractivity contribution in [3.05, 3.63) is 72.3 Å². The fraction of sp³-hybridized carbons (Fsp3) is 0.346. The van der Waals surface area contributed by atoms with Crippen LogP contribution >= 0.6 is 0 Å². The Labute approximate surface area is 188 Å². The Bertz CT molecular complexity index is 1020. The van der Waals surface area contributed by atoms with Crippen molar-refractivity contribution in [3.63, 3.8) is 0 Å². The zero-order valence-electron chi connectivity index (χ0n) is 18.4. The fourth-order valence-corrected chi connectivity index (χ4v) is 4.03. The van der Waals surface area contributed by atoms with Crippen molar-refractivity contribution in [2.75, 3.05) is 23.3 Å². The van der Waals surface area contributed by atoms with Gasteiger partial charge >= 0.3 is 0 Å². The molecule has 6 heteroatoms. The van der Waals surface area contributed by atoms with Gasteiger partial charge in [0.05, 0.1) is 5.92 Å². The Hall–Kier alpha value is -3.28. The van der Waals surface area contributed by atoms with Crippen LogP contribution in [0, 0.1) is 11.7 Å². The third-order valence-electron chi connectivity index (χ3n) is 5.93. The average molecular weight is 433 g/mol. The van der Waals surface area contributed by atoms with Crippen LogP contribution in [0.4, 0.5) is 16.0 Å². The minimum Gasteiger partial charge on any atom is -0.340 e. The van der Waals surface area contributed by atoms with Gasteiger partial charge in [0.15, 0.2) is 0 Å². The van der Waals surface area contributed by atoms with Gasteiger partial charge in [-0.15, -0.1) is 0 Å². The van der Waals surface area contributed by atoms with Crippen molar-refractivity contribution in [1.82, 2.24) is 9.97 Å². The van der Waals surface area contributed by atoms with Gasteiger partial charge in [-0.2, -0.15) is 0 Å². The maximum Gasteiger partial charge on any atom is 0.229 e. The summed E-state index contributed by atoms with van der Waals surface area (Å²) >= 11 is 0. The highest BCUT2D eigenvalue weighted by Gasteiger charge is 2.27. The molecule has 0 aliphatic carbocycles. The van der Waals surface area contributed by atoms with Gasteiger partial charge in [-0.25, -0.2) is 14.4 Å². The molecule has 4 rings (SSSR count). The number of piperidine rings is 1. The maximum atomic E-state index is 13.1. The molecule has 0 radical (unpaired) electrons. The van der Waals surface area contributed by atoms with Gasteiger partial charge in [0, 0.05) is 36.7 Å². The number of benzene rings is 2. The van der Waals surface area contributed by atoms with E-state index >= 15 is 0 Å². The summed E-state index contributed by atoms with van der Waals surface area (Å²) in [5, 5.41) is 3.07. The van der Waals surface area contributed by atoms with Crippen LogP contribution in [0.3, 0.4) is 0 Å². The van der Waals surface area contributed by atoms with Crippen molar-refractivity contribution in [2.24, 2.45) is 5.92 Å². The van der Waals surface area contributed by atoms with Crippen LogP contribution in [0.25, 0.3) is 11.1 Å². The highest BCUT2D eigenvalue weighted by Crippen LogP contribution is 2.24. The molecular formula is C26H29FN4O. The van der Waals surface area contributed by atoms with E-state index in [4.69, 9.17) is 0 Å². The number of amides is 1. The lowest BCUT2D eigenvalue weighted by molar-refractivity contribution is -0.120. The number of hydrogen-bond acceptors (Lipinski definition) is 4. The molecule has 32 heavy (non-hydrogen) atoms. The molecule has 0 saturated carbocycles. The Kier molecular flexibility index (Phi) is 7.10. The fourth-order valence-electron chi connectivity index (χ4n) is 4.03. The van der Waals surface area contributed by atoms with Crippen LogP contribution in [0.1, 0.15) is 38.2 Å². The lowest BCUT2D eigenvalue weighted by Crippen LogP contribution is -2.41. The minimum absolute atomic E-state index is 0.0407. The van der Waals surface area contributed by atoms with E-state index in [0.717, 1.165) is 42.6 Å². The van der Waals surface area contributed by atoms with E-state index < -0.39 is 0 Å². The van der Waals surface area contributed by atoms with E-state index in [1.54, 1.807) is 24.5 Å². The van der Waals surface area contributed by atoms with Gasteiger partial charge in [0.1, 0.15) is 5.82 Å². The first kappa shape index (κ1) is 21.9. The second-order valence-corrected chi connectivity index (χ2v) is 8.35. The summed E-state index contributed by atoms with van der Waals surface area (Å²) in [6.45, 7) is 3.61. The number of rotatable bonds is 7. The molecule has 1 saturated heterocycles. The Balaban J connectivity index is 1.36. The number of halogens is 1. The number of nitrogens with zero attached hydrogens (tertiary/aromatic N) is 3. The van der Waals surface area contributed by atoms with Crippen LogP contribution in [-0.2, 0) is 11.2 Å². The number of unbranched alkanes of at least 4 members (excludes halogenated alkanes) is 1. The lowest BCUT2D eigenvalue weighted by Gasteiger charge is -2.32. The summed E-state index contributed by atoms with van der Waals surface area (Å²) in [5.74, 6) is 0.285. The number of carbonyl (C=O) groups is 1. The maximum absolute atomic E-state index is 13.1. The molecule has 1 aliphatic heterocycles. The number of anilines is 2. The second-order valence-electron chi connectivity index (χ2n) is 8.35. The highest BCUT2D eigenvalue weighted by molar-refractivity contribution is 5.93. The molecule has 3 aromatic rings. The quantitative estimate of drug-likeness (QED) is 0.537. The molecule has 1 N–H and O–H groups in total. The molecule has 2 heterocycles. The molecule has 2 aromatic carbocycles. The smallest absolute Gasteiger partial charge is 0.229 e. The number of carbonyl (C=O) groups excluding carboxylic acids is 1. The molecule has 5 nitrogen and oxygen atoms in total. The first-order chi connectivity index (χ1) is 15.6. The number of aryl methyl sites for hydroxylation is 1. The van der Waals surface area contributed by atoms with Crippen LogP contribution < -0.4 is 10.2 Å². The lowest BCUT2D eigenvalue weighted by atomic mass is 9.97. The first-order valence-corrected chi connectivity index (χ1v) is 11.3. The van der Waals surface area contributed by atoms with Gasteiger partial charge in [0.2, 0.25) is 11.9 Å². The van der Waals surface area contributed by atoms with E-state index in [1.807, 2.05) is 12.1 Å². The second kappa shape index (κ2) is 10.4. The monoisotopic (exact) mass is 432 g/mol. The van der Waals surface area contributed by atoms with E-state index in [-0.39, 0.29) is 17.6 Å². The van der Waals surface area contributed by atoms with E-state index in [1.165, 1.54) is 30.5 Å². The summed E-state index contributed by atoms with van der Waals surface area (Å²) in [6, 6.07) is 14.4. The van der Waals surface area contributed by atoms with Crippen LogP contribution in [0.5, 0.6) is 0 Å². The Morgan fingerprint density at radius 2 is 1.78 bits per heavy atom. The SMILES string of the molecule is CCCCc1ccc(NC(=O)[C@H]2CCCN(c3ncc(-c4ccc(F)cc4)cn3)C2)cc1. The van der Waals surface area contributed by atoms with E-state index in [2.05, 4.69) is 39.2 Å². The van der Waals surface area contributed by atoms with Gasteiger partial charge in [-0.1, -0.05) is 37.6 Å². The van der Waals surface area contributed by atoms with E-state index in [9.17, 15) is 9.18 Å². The Morgan fingerprint density at radius 1 is 1.06 bits per heavy atom. The Morgan fingerprint density at radius 3 is 2.47 bits per heavy atom. The third-order valence-corrected chi connectivity index (χ3v) is 5.93. The number of aromatic nitrogens is 2. The summed E-state index contributed by atoms with van der Waals surface area (Å²) in [5.41, 5.74) is 3.85. The largest absolute Gasteiger partial charge is 0.340 e. The summed E-state index contributed by atoms with van der Waals surface area (Å²) in [4.78, 5) is 23.9. The van der Waals surface area contributed by atoms with Crippen molar-refractivity contribution in [1.29, 1.82) is 0 Å². The van der Waals surface area contributed by atoms with Gasteiger partial charge < -0.3 is 10.2 Å². The predicted molar refractivity (Wildman–Crippen MR) is 126 cm³/mol. The number of hydrogen-bond donors (Lipinski definition) is 1.